The Kier molecular flexibility index (Phi) is 3.24. The molecular weight excluding hydrogens is 288 g/mol. The van der Waals surface area contributed by atoms with Crippen LogP contribution in [-0.4, -0.2) is 27.3 Å². The molecule has 0 unspecified atom stereocenters. The number of aromatic amines is 1. The van der Waals surface area contributed by atoms with E-state index in [0.29, 0.717) is 5.88 Å². The first kappa shape index (κ1) is 13.5. The number of benzene rings is 1. The molecule has 0 atom stereocenters. The molecule has 0 fully saturated rings. The molecule has 0 aliphatic rings. The maximum Gasteiger partial charge on any atom is 0.221 e. The fourth-order valence-electron chi connectivity index (χ4n) is 2.74. The summed E-state index contributed by atoms with van der Waals surface area (Å²) < 4.78 is 5.37. The molecule has 3 heterocycles. The average Bonchev–Trinajstić information content (AvgIpc) is 3.11. The van der Waals surface area contributed by atoms with Crippen molar-refractivity contribution < 1.29 is 4.74 Å². The molecule has 0 saturated heterocycles. The maximum atomic E-state index is 5.37. The smallest absolute Gasteiger partial charge is 0.221 e. The lowest BCUT2D eigenvalue weighted by Crippen LogP contribution is -1.92. The first-order valence-electron chi connectivity index (χ1n) is 7.25. The van der Waals surface area contributed by atoms with Gasteiger partial charge < -0.3 is 4.74 Å². The second kappa shape index (κ2) is 5.53. The minimum absolute atomic E-state index is 0.618. The number of ether oxygens (including phenoxy) is 1. The molecule has 5 nitrogen and oxygen atoms in total. The van der Waals surface area contributed by atoms with Gasteiger partial charge in [0.2, 0.25) is 5.88 Å². The van der Waals surface area contributed by atoms with Gasteiger partial charge in [0.05, 0.1) is 24.7 Å². The number of pyridine rings is 2. The number of nitrogens with one attached hydrogen (secondary N) is 1. The summed E-state index contributed by atoms with van der Waals surface area (Å²) in [6.07, 6.45) is 5.39. The van der Waals surface area contributed by atoms with Crippen molar-refractivity contribution in [3.63, 3.8) is 0 Å². The molecule has 0 amide bonds. The highest BCUT2D eigenvalue weighted by Gasteiger charge is 2.15. The van der Waals surface area contributed by atoms with Crippen LogP contribution in [0.4, 0.5) is 0 Å². The predicted molar refractivity (Wildman–Crippen MR) is 89.1 cm³/mol. The topological polar surface area (TPSA) is 63.7 Å². The van der Waals surface area contributed by atoms with Gasteiger partial charge in [0, 0.05) is 28.9 Å². The Morgan fingerprint density at radius 1 is 0.870 bits per heavy atom. The van der Waals surface area contributed by atoms with Crippen molar-refractivity contribution in [3.05, 3.63) is 61.1 Å². The lowest BCUT2D eigenvalue weighted by Gasteiger charge is -2.09. The maximum absolute atomic E-state index is 5.37. The van der Waals surface area contributed by atoms with Crippen LogP contribution in [0.15, 0.2) is 61.1 Å². The predicted octanol–water partition coefficient (Wildman–Crippen LogP) is 3.70. The van der Waals surface area contributed by atoms with Crippen molar-refractivity contribution >= 4 is 10.8 Å². The second-order valence-electron chi connectivity index (χ2n) is 5.10. The van der Waals surface area contributed by atoms with Gasteiger partial charge in [0.25, 0.3) is 0 Å². The van der Waals surface area contributed by atoms with Crippen molar-refractivity contribution in [3.8, 4) is 28.4 Å². The molecule has 0 saturated carbocycles. The molecule has 0 radical (unpaired) electrons. The molecule has 3 aromatic heterocycles. The van der Waals surface area contributed by atoms with E-state index in [4.69, 9.17) is 4.74 Å². The third-order valence-corrected chi connectivity index (χ3v) is 3.80. The lowest BCUT2D eigenvalue weighted by atomic mass is 10.00. The van der Waals surface area contributed by atoms with Crippen molar-refractivity contribution in [2.24, 2.45) is 0 Å². The molecule has 23 heavy (non-hydrogen) atoms. The van der Waals surface area contributed by atoms with Crippen molar-refractivity contribution in [1.29, 1.82) is 0 Å². The minimum Gasteiger partial charge on any atom is -0.481 e. The summed E-state index contributed by atoms with van der Waals surface area (Å²) in [4.78, 5) is 8.84. The molecule has 1 aromatic carbocycles. The van der Waals surface area contributed by atoms with Crippen LogP contribution in [0, 0.1) is 0 Å². The summed E-state index contributed by atoms with van der Waals surface area (Å²) in [5, 5.41) is 9.28. The number of nitrogens with zero attached hydrogens (tertiary/aromatic N) is 3. The Morgan fingerprint density at radius 3 is 2.48 bits per heavy atom. The van der Waals surface area contributed by atoms with E-state index in [0.717, 1.165) is 33.3 Å². The number of H-pyrrole nitrogens is 1. The zero-order valence-electron chi connectivity index (χ0n) is 12.5. The highest BCUT2D eigenvalue weighted by atomic mass is 16.5. The number of aromatic nitrogens is 4. The lowest BCUT2D eigenvalue weighted by molar-refractivity contribution is 0.403. The molecular formula is C18H14N4O. The molecule has 112 valence electrons. The summed E-state index contributed by atoms with van der Waals surface area (Å²) in [6, 6.07) is 13.9. The van der Waals surface area contributed by atoms with Crippen molar-refractivity contribution in [1.82, 2.24) is 20.2 Å². The van der Waals surface area contributed by atoms with E-state index in [2.05, 4.69) is 26.2 Å². The monoisotopic (exact) mass is 302 g/mol. The van der Waals surface area contributed by atoms with E-state index in [-0.39, 0.29) is 0 Å². The van der Waals surface area contributed by atoms with Crippen LogP contribution in [0.3, 0.4) is 0 Å². The van der Waals surface area contributed by atoms with Gasteiger partial charge in [-0.25, -0.2) is 4.98 Å². The van der Waals surface area contributed by atoms with E-state index in [9.17, 15) is 0 Å². The fraction of sp³-hybridized carbons (Fsp3) is 0.0556. The Hall–Kier alpha value is -3.21. The number of hydrogen-bond acceptors (Lipinski definition) is 4. The fourth-order valence-corrected chi connectivity index (χ4v) is 2.74. The van der Waals surface area contributed by atoms with E-state index in [1.807, 2.05) is 42.6 Å². The molecule has 0 aliphatic carbocycles. The minimum atomic E-state index is 0.618. The van der Waals surface area contributed by atoms with Crippen molar-refractivity contribution in [2.75, 3.05) is 7.11 Å². The van der Waals surface area contributed by atoms with Gasteiger partial charge in [-0.3, -0.25) is 10.1 Å². The van der Waals surface area contributed by atoms with Gasteiger partial charge in [0.1, 0.15) is 0 Å². The largest absolute Gasteiger partial charge is 0.481 e. The number of fused-ring (bicyclic) bond motifs is 1. The zero-order valence-corrected chi connectivity index (χ0v) is 12.5. The van der Waals surface area contributed by atoms with Crippen LogP contribution in [-0.2, 0) is 0 Å². The Morgan fingerprint density at radius 2 is 1.70 bits per heavy atom. The Balaban J connectivity index is 1.97. The van der Waals surface area contributed by atoms with Crippen LogP contribution in [0.25, 0.3) is 33.3 Å². The molecule has 4 aromatic rings. The van der Waals surface area contributed by atoms with Gasteiger partial charge in [-0.1, -0.05) is 24.3 Å². The van der Waals surface area contributed by atoms with Gasteiger partial charge >= 0.3 is 0 Å². The summed E-state index contributed by atoms with van der Waals surface area (Å²) in [5.41, 5.74) is 3.69. The number of methoxy groups -OCH3 is 1. The van der Waals surface area contributed by atoms with Gasteiger partial charge in [-0.2, -0.15) is 5.10 Å². The van der Waals surface area contributed by atoms with E-state index in [1.54, 1.807) is 19.5 Å². The van der Waals surface area contributed by atoms with E-state index >= 15 is 0 Å². The van der Waals surface area contributed by atoms with Crippen LogP contribution < -0.4 is 4.74 Å². The van der Waals surface area contributed by atoms with Crippen LogP contribution in [0.5, 0.6) is 5.88 Å². The quantitative estimate of drug-likeness (QED) is 0.627. The summed E-state index contributed by atoms with van der Waals surface area (Å²) in [5.74, 6) is 0.618. The Bertz CT molecular complexity index is 963. The second-order valence-corrected chi connectivity index (χ2v) is 5.10. The van der Waals surface area contributed by atoms with Crippen LogP contribution in [0.1, 0.15) is 0 Å². The third kappa shape index (κ3) is 2.23. The zero-order chi connectivity index (χ0) is 15.6. The van der Waals surface area contributed by atoms with Crippen LogP contribution in [0.2, 0.25) is 0 Å². The SMILES string of the molecule is COc1ncc(-c2cn[nH]c2-c2ccccn2)c2ccccc12. The highest BCUT2D eigenvalue weighted by Crippen LogP contribution is 2.36. The summed E-state index contributed by atoms with van der Waals surface area (Å²) >= 11 is 0. The number of rotatable bonds is 3. The highest BCUT2D eigenvalue weighted by molar-refractivity contribution is 6.01. The number of hydrogen-bond donors (Lipinski definition) is 1. The standard InChI is InChI=1S/C18H14N4O/c1-23-18-13-7-3-2-6-12(13)14(10-20-18)15-11-21-22-17(15)16-8-4-5-9-19-16/h2-11H,1H3,(H,21,22). The molecule has 0 bridgehead atoms. The Labute approximate surface area is 133 Å². The van der Waals surface area contributed by atoms with Gasteiger partial charge in [-0.15, -0.1) is 0 Å². The van der Waals surface area contributed by atoms with Crippen LogP contribution >= 0.6 is 0 Å². The molecule has 0 aliphatic heterocycles. The first-order valence-corrected chi connectivity index (χ1v) is 7.25. The molecule has 4 rings (SSSR count). The van der Waals surface area contributed by atoms with Crippen molar-refractivity contribution in [2.45, 2.75) is 0 Å². The van der Waals surface area contributed by atoms with E-state index in [1.165, 1.54) is 0 Å². The molecule has 1 N–H and O–H groups in total. The first-order chi connectivity index (χ1) is 11.4. The average molecular weight is 302 g/mol. The third-order valence-electron chi connectivity index (χ3n) is 3.80. The molecule has 0 spiro atoms. The van der Waals surface area contributed by atoms with Gasteiger partial charge in [-0.05, 0) is 23.6 Å². The summed E-state index contributed by atoms with van der Waals surface area (Å²) in [6.45, 7) is 0. The van der Waals surface area contributed by atoms with E-state index < -0.39 is 0 Å². The normalized spacial score (nSPS) is 10.8. The van der Waals surface area contributed by atoms with Gasteiger partial charge in [0.15, 0.2) is 0 Å². The summed E-state index contributed by atoms with van der Waals surface area (Å²) in [7, 11) is 1.63. The molecule has 5 heteroatoms.